The molecule has 1 aromatic carbocycles. The highest BCUT2D eigenvalue weighted by molar-refractivity contribution is 5.99. The average molecular weight is 392 g/mol. The van der Waals surface area contributed by atoms with Crippen LogP contribution in [-0.4, -0.2) is 44.1 Å². The minimum Gasteiger partial charge on any atom is -0.368 e. The largest absolute Gasteiger partial charge is 0.368 e. The summed E-state index contributed by atoms with van der Waals surface area (Å²) in [6.07, 6.45) is 7.03. The van der Waals surface area contributed by atoms with Crippen LogP contribution in [0.2, 0.25) is 0 Å². The number of nitrogens with one attached hydrogen (secondary N) is 1. The van der Waals surface area contributed by atoms with E-state index in [0.717, 1.165) is 36.9 Å². The van der Waals surface area contributed by atoms with Crippen LogP contribution in [0.15, 0.2) is 36.7 Å². The summed E-state index contributed by atoms with van der Waals surface area (Å²) >= 11 is 0. The maximum Gasteiger partial charge on any atom is 0.257 e. The number of benzene rings is 1. The van der Waals surface area contributed by atoms with E-state index >= 15 is 0 Å². The number of H-pyrrole nitrogens is 1. The van der Waals surface area contributed by atoms with Crippen molar-refractivity contribution in [2.75, 3.05) is 18.8 Å². The first-order chi connectivity index (χ1) is 14.1. The van der Waals surface area contributed by atoms with Gasteiger partial charge in [-0.25, -0.2) is 14.4 Å². The van der Waals surface area contributed by atoms with E-state index in [9.17, 15) is 9.18 Å². The molecule has 1 aliphatic carbocycles. The van der Waals surface area contributed by atoms with E-state index in [4.69, 9.17) is 5.73 Å². The molecule has 2 aromatic heterocycles. The second-order valence-corrected chi connectivity index (χ2v) is 7.88. The molecule has 1 fully saturated rings. The Morgan fingerprint density at radius 2 is 2.17 bits per heavy atom. The number of anilines is 1. The monoisotopic (exact) mass is 392 g/mol. The number of carbonyl (C=O) groups is 1. The summed E-state index contributed by atoms with van der Waals surface area (Å²) in [5, 5.41) is 6.90. The zero-order valence-electron chi connectivity index (χ0n) is 15.9. The predicted molar refractivity (Wildman–Crippen MR) is 106 cm³/mol. The van der Waals surface area contributed by atoms with Gasteiger partial charge in [0.2, 0.25) is 5.95 Å². The number of fused-ring (bicyclic) bond motifs is 2. The third-order valence-corrected chi connectivity index (χ3v) is 6.11. The Morgan fingerprint density at radius 1 is 1.28 bits per heavy atom. The van der Waals surface area contributed by atoms with Gasteiger partial charge in [-0.1, -0.05) is 12.1 Å². The molecule has 0 radical (unpaired) electrons. The normalized spacial score (nSPS) is 20.8. The number of hydrogen-bond donors (Lipinski definition) is 2. The van der Waals surface area contributed by atoms with Gasteiger partial charge >= 0.3 is 0 Å². The molecule has 29 heavy (non-hydrogen) atoms. The quantitative estimate of drug-likeness (QED) is 0.698. The molecule has 7 nitrogen and oxygen atoms in total. The Bertz CT molecular complexity index is 1090. The van der Waals surface area contributed by atoms with Gasteiger partial charge in [-0.3, -0.25) is 9.89 Å². The summed E-state index contributed by atoms with van der Waals surface area (Å²) in [4.78, 5) is 23.9. The number of hydrogen-bond acceptors (Lipinski definition) is 5. The Hall–Kier alpha value is -3.29. The van der Waals surface area contributed by atoms with Crippen LogP contribution in [0, 0.1) is 5.82 Å². The highest BCUT2D eigenvalue weighted by atomic mass is 19.1. The van der Waals surface area contributed by atoms with E-state index in [1.165, 1.54) is 18.3 Å². The molecule has 0 bridgehead atoms. The molecule has 1 unspecified atom stereocenters. The lowest BCUT2D eigenvalue weighted by molar-refractivity contribution is 0.0634. The van der Waals surface area contributed by atoms with Crippen molar-refractivity contribution in [3.63, 3.8) is 0 Å². The van der Waals surface area contributed by atoms with Gasteiger partial charge in [0.05, 0.1) is 23.1 Å². The molecule has 8 heteroatoms. The third-order valence-electron chi connectivity index (χ3n) is 6.11. The van der Waals surface area contributed by atoms with Crippen molar-refractivity contribution in [2.45, 2.75) is 31.1 Å². The molecule has 2 aliphatic rings. The van der Waals surface area contributed by atoms with Crippen molar-refractivity contribution < 1.29 is 9.18 Å². The summed E-state index contributed by atoms with van der Waals surface area (Å²) in [6.45, 7) is 1.26. The fourth-order valence-corrected chi connectivity index (χ4v) is 4.74. The van der Waals surface area contributed by atoms with Gasteiger partial charge < -0.3 is 10.6 Å². The average Bonchev–Trinajstić information content (AvgIpc) is 3.34. The van der Waals surface area contributed by atoms with Gasteiger partial charge in [0, 0.05) is 30.3 Å². The zero-order valence-corrected chi connectivity index (χ0v) is 15.9. The first-order valence-electron chi connectivity index (χ1n) is 9.76. The van der Waals surface area contributed by atoms with Crippen LogP contribution in [0.5, 0.6) is 0 Å². The second-order valence-electron chi connectivity index (χ2n) is 7.88. The van der Waals surface area contributed by atoms with Crippen molar-refractivity contribution in [3.8, 4) is 11.3 Å². The molecular formula is C21H21FN6O. The molecule has 3 N–H and O–H groups in total. The van der Waals surface area contributed by atoms with Crippen LogP contribution < -0.4 is 5.73 Å². The lowest BCUT2D eigenvalue weighted by atomic mass is 9.77. The minimum absolute atomic E-state index is 0.104. The van der Waals surface area contributed by atoms with Crippen LogP contribution in [0.1, 0.15) is 40.9 Å². The van der Waals surface area contributed by atoms with Crippen LogP contribution in [-0.2, 0) is 11.8 Å². The van der Waals surface area contributed by atoms with Crippen molar-refractivity contribution in [2.24, 2.45) is 0 Å². The number of carbonyl (C=O) groups excluding carboxylic acids is 1. The molecule has 3 aromatic rings. The smallest absolute Gasteiger partial charge is 0.257 e. The number of aromatic nitrogens is 4. The molecule has 0 saturated carbocycles. The Morgan fingerprint density at radius 3 is 3.03 bits per heavy atom. The fraction of sp³-hybridized carbons (Fsp3) is 0.333. The number of amides is 1. The summed E-state index contributed by atoms with van der Waals surface area (Å²) in [5.41, 5.74) is 9.36. The molecule has 1 saturated heterocycles. The van der Waals surface area contributed by atoms with E-state index in [0.29, 0.717) is 29.9 Å². The van der Waals surface area contributed by atoms with E-state index in [1.54, 1.807) is 12.1 Å². The molecular weight excluding hydrogens is 371 g/mol. The number of aromatic amines is 1. The first kappa shape index (κ1) is 17.8. The third kappa shape index (κ3) is 2.95. The second kappa shape index (κ2) is 6.65. The van der Waals surface area contributed by atoms with Gasteiger partial charge in [-0.15, -0.1) is 0 Å². The topological polar surface area (TPSA) is 101 Å². The highest BCUT2D eigenvalue weighted by Crippen LogP contribution is 2.44. The predicted octanol–water partition coefficient (Wildman–Crippen LogP) is 2.71. The van der Waals surface area contributed by atoms with Crippen molar-refractivity contribution in [3.05, 3.63) is 59.3 Å². The molecule has 5 rings (SSSR count). The fourth-order valence-electron chi connectivity index (χ4n) is 4.74. The first-order valence-corrected chi connectivity index (χ1v) is 9.76. The molecule has 1 amide bonds. The van der Waals surface area contributed by atoms with Gasteiger partial charge in [0.15, 0.2) is 0 Å². The van der Waals surface area contributed by atoms with Crippen LogP contribution >= 0.6 is 0 Å². The van der Waals surface area contributed by atoms with Crippen molar-refractivity contribution in [1.82, 2.24) is 25.1 Å². The van der Waals surface area contributed by atoms with Gasteiger partial charge in [0.1, 0.15) is 5.82 Å². The van der Waals surface area contributed by atoms with E-state index < -0.39 is 0 Å². The van der Waals surface area contributed by atoms with Gasteiger partial charge in [-0.05, 0) is 43.4 Å². The maximum atomic E-state index is 13.7. The maximum absolute atomic E-state index is 13.7. The summed E-state index contributed by atoms with van der Waals surface area (Å²) in [7, 11) is 0. The molecule has 148 valence electrons. The Kier molecular flexibility index (Phi) is 4.08. The highest BCUT2D eigenvalue weighted by Gasteiger charge is 2.45. The van der Waals surface area contributed by atoms with Gasteiger partial charge in [0.25, 0.3) is 5.91 Å². The number of nitrogen functional groups attached to an aromatic ring is 1. The summed E-state index contributed by atoms with van der Waals surface area (Å²) in [6, 6.07) is 6.16. The SMILES string of the molecule is Nc1ncc2c(n1)C1(CCCN(C(=O)c3cn[nH]c3-c3cccc(F)c3)C1)CC2. The van der Waals surface area contributed by atoms with Crippen molar-refractivity contribution >= 4 is 11.9 Å². The zero-order chi connectivity index (χ0) is 20.0. The van der Waals surface area contributed by atoms with Gasteiger partial charge in [-0.2, -0.15) is 5.10 Å². The van der Waals surface area contributed by atoms with E-state index in [1.807, 2.05) is 11.1 Å². The number of halogens is 1. The molecule has 1 spiro atoms. The Labute approximate surface area is 167 Å². The molecule has 1 aliphatic heterocycles. The number of nitrogens with zero attached hydrogens (tertiary/aromatic N) is 4. The summed E-state index contributed by atoms with van der Waals surface area (Å²) in [5.74, 6) is -0.184. The number of aryl methyl sites for hydroxylation is 1. The number of likely N-dealkylation sites (tertiary alicyclic amines) is 1. The van der Waals surface area contributed by atoms with Crippen LogP contribution in [0.3, 0.4) is 0 Å². The lowest BCUT2D eigenvalue weighted by Gasteiger charge is -2.40. The number of nitrogens with two attached hydrogens (primary N) is 1. The standard InChI is InChI=1S/C21H21FN6O/c22-15-4-1-3-13(9-15)17-16(11-25-27-17)19(29)28-8-2-6-21(12-28)7-5-14-10-24-20(23)26-18(14)21/h1,3-4,9-11H,2,5-8,12H2,(H,25,27)(H2,23,24,26). The van der Waals surface area contributed by atoms with Crippen LogP contribution in [0.4, 0.5) is 10.3 Å². The lowest BCUT2D eigenvalue weighted by Crippen LogP contribution is -2.48. The molecule has 3 heterocycles. The number of piperidine rings is 1. The van der Waals surface area contributed by atoms with Crippen LogP contribution in [0.25, 0.3) is 11.3 Å². The Balaban J connectivity index is 1.46. The molecule has 1 atom stereocenters. The van der Waals surface area contributed by atoms with E-state index in [2.05, 4.69) is 20.2 Å². The van der Waals surface area contributed by atoms with E-state index in [-0.39, 0.29) is 23.1 Å². The number of rotatable bonds is 2. The van der Waals surface area contributed by atoms with Crippen molar-refractivity contribution in [1.29, 1.82) is 0 Å². The summed E-state index contributed by atoms with van der Waals surface area (Å²) < 4.78 is 13.7. The minimum atomic E-state index is -0.354.